The number of aromatic nitrogens is 1. The fourth-order valence-electron chi connectivity index (χ4n) is 1.91. The van der Waals surface area contributed by atoms with Crippen LogP contribution in [0.5, 0.6) is 0 Å². The van der Waals surface area contributed by atoms with E-state index in [2.05, 4.69) is 31.8 Å². The van der Waals surface area contributed by atoms with Crippen LogP contribution >= 0.6 is 0 Å². The number of fused-ring (bicyclic) bond motifs is 1. The highest BCUT2D eigenvalue weighted by atomic mass is 14.8. The van der Waals surface area contributed by atoms with Crippen molar-refractivity contribution in [2.24, 2.45) is 0 Å². The van der Waals surface area contributed by atoms with Gasteiger partial charge in [-0.15, -0.1) is 0 Å². The molecule has 2 rings (SSSR count). The zero-order chi connectivity index (χ0) is 10.3. The fraction of sp³-hybridized carbons (Fsp3) is 0.250. The minimum Gasteiger partial charge on any atom is -0.383 e. The monoisotopic (exact) mass is 186 g/mol. The summed E-state index contributed by atoms with van der Waals surface area (Å²) in [6.07, 6.45) is 1.76. The average Bonchev–Trinajstić information content (AvgIpc) is 2.14. The lowest BCUT2D eigenvalue weighted by atomic mass is 9.98. The van der Waals surface area contributed by atoms with Gasteiger partial charge in [-0.25, -0.2) is 4.98 Å². The van der Waals surface area contributed by atoms with Crippen molar-refractivity contribution in [2.75, 3.05) is 5.73 Å². The molecule has 0 bridgehead atoms. The molecule has 0 atom stereocenters. The van der Waals surface area contributed by atoms with Crippen molar-refractivity contribution in [1.82, 2.24) is 4.98 Å². The number of benzene rings is 1. The van der Waals surface area contributed by atoms with E-state index in [4.69, 9.17) is 5.73 Å². The Morgan fingerprint density at radius 3 is 2.57 bits per heavy atom. The number of nitrogens with two attached hydrogens (primary N) is 1. The average molecular weight is 186 g/mol. The molecule has 1 aromatic carbocycles. The topological polar surface area (TPSA) is 38.9 Å². The highest BCUT2D eigenvalue weighted by Gasteiger charge is 2.06. The molecule has 0 fully saturated rings. The van der Waals surface area contributed by atoms with Crippen molar-refractivity contribution in [1.29, 1.82) is 0 Å². The second-order valence-corrected chi connectivity index (χ2v) is 3.75. The molecule has 0 aliphatic heterocycles. The van der Waals surface area contributed by atoms with E-state index in [9.17, 15) is 0 Å². The number of aryl methyl sites for hydroxylation is 3. The number of hydrogen-bond acceptors (Lipinski definition) is 2. The van der Waals surface area contributed by atoms with Gasteiger partial charge in [0.1, 0.15) is 5.82 Å². The Kier molecular flexibility index (Phi) is 1.92. The van der Waals surface area contributed by atoms with Gasteiger partial charge in [-0.05, 0) is 48.9 Å². The number of hydrogen-bond donors (Lipinski definition) is 1. The molecule has 72 valence electrons. The molecule has 2 aromatic rings. The fourth-order valence-corrected chi connectivity index (χ4v) is 1.91. The van der Waals surface area contributed by atoms with Crippen LogP contribution in [-0.4, -0.2) is 4.98 Å². The molecule has 0 aliphatic carbocycles. The van der Waals surface area contributed by atoms with Gasteiger partial charge in [0, 0.05) is 11.6 Å². The Bertz CT molecular complexity index is 501. The van der Waals surface area contributed by atoms with E-state index in [0.29, 0.717) is 5.82 Å². The minimum absolute atomic E-state index is 0.631. The van der Waals surface area contributed by atoms with Crippen LogP contribution in [-0.2, 0) is 0 Å². The van der Waals surface area contributed by atoms with Crippen LogP contribution in [0.15, 0.2) is 18.3 Å². The van der Waals surface area contributed by atoms with Crippen molar-refractivity contribution >= 4 is 16.6 Å². The van der Waals surface area contributed by atoms with E-state index in [0.717, 1.165) is 5.39 Å². The summed E-state index contributed by atoms with van der Waals surface area (Å²) < 4.78 is 0. The number of anilines is 1. The second-order valence-electron chi connectivity index (χ2n) is 3.75. The normalized spacial score (nSPS) is 10.8. The van der Waals surface area contributed by atoms with Crippen LogP contribution < -0.4 is 5.73 Å². The summed E-state index contributed by atoms with van der Waals surface area (Å²) >= 11 is 0. The van der Waals surface area contributed by atoms with Gasteiger partial charge in [0.25, 0.3) is 0 Å². The van der Waals surface area contributed by atoms with E-state index in [-0.39, 0.29) is 0 Å². The Hall–Kier alpha value is -1.57. The van der Waals surface area contributed by atoms with Gasteiger partial charge in [-0.2, -0.15) is 0 Å². The largest absolute Gasteiger partial charge is 0.383 e. The lowest BCUT2D eigenvalue weighted by molar-refractivity contribution is 1.31. The quantitative estimate of drug-likeness (QED) is 0.687. The van der Waals surface area contributed by atoms with E-state index < -0.39 is 0 Å². The van der Waals surface area contributed by atoms with Crippen molar-refractivity contribution in [3.63, 3.8) is 0 Å². The molecule has 1 heterocycles. The second kappa shape index (κ2) is 2.98. The highest BCUT2D eigenvalue weighted by molar-refractivity contribution is 5.96. The van der Waals surface area contributed by atoms with Crippen LogP contribution in [0.2, 0.25) is 0 Å². The lowest BCUT2D eigenvalue weighted by Crippen LogP contribution is -1.96. The van der Waals surface area contributed by atoms with E-state index in [1.165, 1.54) is 22.1 Å². The Balaban J connectivity index is 3.03. The molecular weight excluding hydrogens is 172 g/mol. The molecule has 1 aromatic heterocycles. The summed E-state index contributed by atoms with van der Waals surface area (Å²) in [5.74, 6) is 0.631. The predicted octanol–water partition coefficient (Wildman–Crippen LogP) is 2.74. The molecule has 0 saturated heterocycles. The van der Waals surface area contributed by atoms with Gasteiger partial charge in [-0.3, -0.25) is 0 Å². The maximum Gasteiger partial charge on any atom is 0.131 e. The third-order valence-electron chi connectivity index (χ3n) is 2.80. The first-order chi connectivity index (χ1) is 6.61. The number of nitrogens with zero attached hydrogens (tertiary/aromatic N) is 1. The summed E-state index contributed by atoms with van der Waals surface area (Å²) in [4.78, 5) is 4.13. The van der Waals surface area contributed by atoms with Gasteiger partial charge in [0.15, 0.2) is 0 Å². The maximum atomic E-state index is 5.88. The van der Waals surface area contributed by atoms with Gasteiger partial charge in [0.2, 0.25) is 0 Å². The van der Waals surface area contributed by atoms with E-state index >= 15 is 0 Å². The molecule has 0 amide bonds. The molecular formula is C12H14N2. The summed E-state index contributed by atoms with van der Waals surface area (Å²) in [7, 11) is 0. The van der Waals surface area contributed by atoms with Crippen LogP contribution in [0.25, 0.3) is 10.8 Å². The molecule has 14 heavy (non-hydrogen) atoms. The molecule has 2 nitrogen and oxygen atoms in total. The molecule has 0 radical (unpaired) electrons. The van der Waals surface area contributed by atoms with Gasteiger partial charge < -0.3 is 5.73 Å². The lowest BCUT2D eigenvalue weighted by Gasteiger charge is -2.10. The van der Waals surface area contributed by atoms with Crippen molar-refractivity contribution in [2.45, 2.75) is 20.8 Å². The number of pyridine rings is 1. The molecule has 0 saturated carbocycles. The summed E-state index contributed by atoms with van der Waals surface area (Å²) in [6, 6.07) is 4.21. The highest BCUT2D eigenvalue weighted by Crippen LogP contribution is 2.27. The summed E-state index contributed by atoms with van der Waals surface area (Å²) in [6.45, 7) is 6.30. The number of nitrogen functional groups attached to an aromatic ring is 1. The van der Waals surface area contributed by atoms with Gasteiger partial charge >= 0.3 is 0 Å². The first-order valence-corrected chi connectivity index (χ1v) is 4.72. The summed E-state index contributed by atoms with van der Waals surface area (Å²) in [5, 5.41) is 2.31. The van der Waals surface area contributed by atoms with Crippen LogP contribution in [0.3, 0.4) is 0 Å². The van der Waals surface area contributed by atoms with E-state index in [1.54, 1.807) is 6.20 Å². The smallest absolute Gasteiger partial charge is 0.131 e. The van der Waals surface area contributed by atoms with Gasteiger partial charge in [-0.1, -0.05) is 6.07 Å². The van der Waals surface area contributed by atoms with E-state index in [1.807, 2.05) is 6.07 Å². The Morgan fingerprint density at radius 1 is 1.14 bits per heavy atom. The van der Waals surface area contributed by atoms with Crippen LogP contribution in [0.1, 0.15) is 16.7 Å². The minimum atomic E-state index is 0.631. The molecule has 2 N–H and O–H groups in total. The van der Waals surface area contributed by atoms with Crippen molar-refractivity contribution in [3.05, 3.63) is 35.0 Å². The Labute approximate surface area is 83.8 Å². The summed E-state index contributed by atoms with van der Waals surface area (Å²) in [5.41, 5.74) is 9.65. The first kappa shape index (κ1) is 9.00. The standard InChI is InChI=1S/C12H14N2/c1-7-6-8(2)10-4-5-14-12(13)11(10)9(7)3/h4-6H,1-3H3,(H2,13,14). The SMILES string of the molecule is Cc1cc(C)c2ccnc(N)c2c1C. The predicted molar refractivity (Wildman–Crippen MR) is 60.4 cm³/mol. The zero-order valence-corrected chi connectivity index (χ0v) is 8.76. The van der Waals surface area contributed by atoms with Crippen molar-refractivity contribution in [3.8, 4) is 0 Å². The number of rotatable bonds is 0. The Morgan fingerprint density at radius 2 is 1.86 bits per heavy atom. The van der Waals surface area contributed by atoms with Crippen LogP contribution in [0, 0.1) is 20.8 Å². The molecule has 0 aliphatic rings. The maximum absolute atomic E-state index is 5.88. The molecule has 2 heteroatoms. The third kappa shape index (κ3) is 1.15. The first-order valence-electron chi connectivity index (χ1n) is 4.72. The zero-order valence-electron chi connectivity index (χ0n) is 8.76. The van der Waals surface area contributed by atoms with Crippen molar-refractivity contribution < 1.29 is 0 Å². The van der Waals surface area contributed by atoms with Crippen LogP contribution in [0.4, 0.5) is 5.82 Å². The van der Waals surface area contributed by atoms with Gasteiger partial charge in [0.05, 0.1) is 0 Å². The molecule has 0 spiro atoms. The molecule has 0 unspecified atom stereocenters. The third-order valence-corrected chi connectivity index (χ3v) is 2.80.